The Morgan fingerprint density at radius 3 is 2.52 bits per heavy atom. The lowest BCUT2D eigenvalue weighted by molar-refractivity contribution is -0.135. The van der Waals surface area contributed by atoms with E-state index >= 15 is 0 Å². The minimum Gasteiger partial charge on any atom is -0.349 e. The number of fused-ring (bicyclic) bond motifs is 1. The molecule has 2 aromatic carbocycles. The molecule has 0 spiro atoms. The Hall–Kier alpha value is -2.62. The number of amides is 2. The lowest BCUT2D eigenvalue weighted by Crippen LogP contribution is -2.39. The highest BCUT2D eigenvalue weighted by Crippen LogP contribution is 2.29. The van der Waals surface area contributed by atoms with Gasteiger partial charge in [-0.3, -0.25) is 9.59 Å². The smallest absolute Gasteiger partial charge is 0.225 e. The molecular weight excluding hydrogens is 360 g/mol. The first kappa shape index (κ1) is 21.1. The van der Waals surface area contributed by atoms with Gasteiger partial charge in [-0.2, -0.15) is 0 Å². The molecule has 0 heterocycles. The van der Waals surface area contributed by atoms with Crippen molar-refractivity contribution < 1.29 is 9.59 Å². The Morgan fingerprint density at radius 2 is 1.76 bits per heavy atom. The number of benzene rings is 2. The van der Waals surface area contributed by atoms with Crippen molar-refractivity contribution in [2.45, 2.75) is 52.0 Å². The van der Waals surface area contributed by atoms with E-state index < -0.39 is 0 Å². The summed E-state index contributed by atoms with van der Waals surface area (Å²) in [7, 11) is 0. The largest absolute Gasteiger partial charge is 0.349 e. The van der Waals surface area contributed by atoms with Crippen LogP contribution in [0.5, 0.6) is 0 Å². The second-order valence-corrected chi connectivity index (χ2v) is 8.18. The maximum Gasteiger partial charge on any atom is 0.225 e. The third-order valence-electron chi connectivity index (χ3n) is 5.63. The van der Waals surface area contributed by atoms with Crippen LogP contribution in [-0.4, -0.2) is 29.8 Å². The Morgan fingerprint density at radius 1 is 1.03 bits per heavy atom. The average molecular weight is 393 g/mol. The van der Waals surface area contributed by atoms with Crippen molar-refractivity contribution in [1.82, 2.24) is 10.2 Å². The van der Waals surface area contributed by atoms with Crippen LogP contribution in [0, 0.1) is 5.92 Å². The molecule has 1 atom stereocenters. The van der Waals surface area contributed by atoms with Crippen LogP contribution in [0.3, 0.4) is 0 Å². The van der Waals surface area contributed by atoms with Crippen molar-refractivity contribution in [2.75, 3.05) is 13.1 Å². The number of nitrogens with zero attached hydrogens (tertiary/aromatic N) is 1. The second kappa shape index (κ2) is 10.2. The molecule has 4 nitrogen and oxygen atoms in total. The van der Waals surface area contributed by atoms with Crippen molar-refractivity contribution in [1.29, 1.82) is 0 Å². The quantitative estimate of drug-likeness (QED) is 0.728. The predicted molar refractivity (Wildman–Crippen MR) is 116 cm³/mol. The van der Waals surface area contributed by atoms with Crippen LogP contribution >= 0.6 is 0 Å². The van der Waals surface area contributed by atoms with E-state index in [4.69, 9.17) is 0 Å². The first-order valence-electron chi connectivity index (χ1n) is 10.7. The van der Waals surface area contributed by atoms with E-state index in [9.17, 15) is 9.59 Å². The zero-order valence-corrected chi connectivity index (χ0v) is 17.6. The highest BCUT2D eigenvalue weighted by Gasteiger charge is 2.22. The third-order valence-corrected chi connectivity index (χ3v) is 5.63. The molecule has 0 aromatic heterocycles. The van der Waals surface area contributed by atoms with Crippen LogP contribution in [0.2, 0.25) is 0 Å². The average Bonchev–Trinajstić information content (AvgIpc) is 2.74. The Balaban J connectivity index is 1.56. The highest BCUT2D eigenvalue weighted by molar-refractivity contribution is 5.80. The summed E-state index contributed by atoms with van der Waals surface area (Å²) in [4.78, 5) is 27.1. The molecule has 29 heavy (non-hydrogen) atoms. The molecule has 0 radical (unpaired) electrons. The van der Waals surface area contributed by atoms with E-state index in [1.165, 1.54) is 16.7 Å². The van der Waals surface area contributed by atoms with Crippen LogP contribution in [-0.2, 0) is 22.4 Å². The lowest BCUT2D eigenvalue weighted by atomic mass is 9.87. The summed E-state index contributed by atoms with van der Waals surface area (Å²) in [6.45, 7) is 4.93. The molecule has 0 saturated heterocycles. The van der Waals surface area contributed by atoms with Gasteiger partial charge in [0.15, 0.2) is 0 Å². The zero-order valence-electron chi connectivity index (χ0n) is 17.6. The van der Waals surface area contributed by atoms with E-state index in [1.54, 1.807) is 0 Å². The summed E-state index contributed by atoms with van der Waals surface area (Å²) in [6, 6.07) is 18.6. The van der Waals surface area contributed by atoms with Crippen LogP contribution in [0.15, 0.2) is 54.6 Å². The molecule has 0 aliphatic heterocycles. The normalized spacial score (nSPS) is 15.6. The van der Waals surface area contributed by atoms with Crippen molar-refractivity contribution in [3.63, 3.8) is 0 Å². The molecule has 3 rings (SSSR count). The maximum atomic E-state index is 12.6. The van der Waals surface area contributed by atoms with Gasteiger partial charge in [-0.1, -0.05) is 68.4 Å². The Bertz CT molecular complexity index is 817. The van der Waals surface area contributed by atoms with Crippen LogP contribution < -0.4 is 5.32 Å². The fourth-order valence-electron chi connectivity index (χ4n) is 4.01. The number of hydrogen-bond donors (Lipinski definition) is 1. The summed E-state index contributed by atoms with van der Waals surface area (Å²) >= 11 is 0. The van der Waals surface area contributed by atoms with Gasteiger partial charge in [-0.15, -0.1) is 0 Å². The number of aryl methyl sites for hydroxylation is 1. The second-order valence-electron chi connectivity index (χ2n) is 8.18. The molecule has 154 valence electrons. The molecule has 1 aliphatic carbocycles. The van der Waals surface area contributed by atoms with E-state index in [1.807, 2.05) is 43.0 Å². The van der Waals surface area contributed by atoms with Gasteiger partial charge in [0.05, 0.1) is 6.04 Å². The summed E-state index contributed by atoms with van der Waals surface area (Å²) in [5.41, 5.74) is 3.78. The van der Waals surface area contributed by atoms with Crippen molar-refractivity contribution in [3.8, 4) is 0 Å². The molecular formula is C25H32N2O2. The highest BCUT2D eigenvalue weighted by atomic mass is 16.2. The Kier molecular flexibility index (Phi) is 7.45. The number of carbonyl (C=O) groups excluding carboxylic acids is 2. The zero-order chi connectivity index (χ0) is 20.6. The molecule has 2 aromatic rings. The summed E-state index contributed by atoms with van der Waals surface area (Å²) in [6.07, 6.45) is 4.30. The molecule has 0 bridgehead atoms. The fourth-order valence-corrected chi connectivity index (χ4v) is 4.01. The van der Waals surface area contributed by atoms with Crippen LogP contribution in [0.4, 0.5) is 0 Å². The van der Waals surface area contributed by atoms with Crippen LogP contribution in [0.25, 0.3) is 0 Å². The number of rotatable bonds is 8. The predicted octanol–water partition coefficient (Wildman–Crippen LogP) is 4.30. The van der Waals surface area contributed by atoms with Gasteiger partial charge in [0.2, 0.25) is 11.8 Å². The molecule has 1 aliphatic rings. The number of carbonyl (C=O) groups is 2. The van der Waals surface area contributed by atoms with Gasteiger partial charge < -0.3 is 10.2 Å². The van der Waals surface area contributed by atoms with Gasteiger partial charge in [0.25, 0.3) is 0 Å². The molecule has 0 fully saturated rings. The van der Waals surface area contributed by atoms with Gasteiger partial charge in [-0.05, 0) is 42.4 Å². The number of hydrogen-bond acceptors (Lipinski definition) is 2. The fraction of sp³-hybridized carbons (Fsp3) is 0.440. The summed E-state index contributed by atoms with van der Waals surface area (Å²) in [5, 5.41) is 3.20. The summed E-state index contributed by atoms with van der Waals surface area (Å²) in [5.74, 6) is 0.0590. The SMILES string of the molecule is CC(C)C(=O)N(CCC(=O)NC1CCCc2ccccc21)CCc1ccccc1. The van der Waals surface area contributed by atoms with Crippen molar-refractivity contribution in [3.05, 3.63) is 71.3 Å². The van der Waals surface area contributed by atoms with Gasteiger partial charge in [0.1, 0.15) is 0 Å². The monoisotopic (exact) mass is 392 g/mol. The minimum absolute atomic E-state index is 0.0213. The molecule has 1 N–H and O–H groups in total. The standard InChI is InChI=1S/C25H32N2O2/c1-19(2)25(29)27(17-15-20-9-4-3-5-10-20)18-16-24(28)26-23-14-8-12-21-11-6-7-13-22(21)23/h3-7,9-11,13,19,23H,8,12,14-18H2,1-2H3,(H,26,28). The van der Waals surface area contributed by atoms with Gasteiger partial charge >= 0.3 is 0 Å². The Labute approximate surface area is 174 Å². The summed E-state index contributed by atoms with van der Waals surface area (Å²) < 4.78 is 0. The minimum atomic E-state index is -0.0703. The van der Waals surface area contributed by atoms with Gasteiger partial charge in [-0.25, -0.2) is 0 Å². The topological polar surface area (TPSA) is 49.4 Å². The third kappa shape index (κ3) is 5.93. The first-order valence-corrected chi connectivity index (χ1v) is 10.7. The van der Waals surface area contributed by atoms with E-state index in [-0.39, 0.29) is 23.8 Å². The maximum absolute atomic E-state index is 12.6. The van der Waals surface area contributed by atoms with Crippen molar-refractivity contribution in [2.24, 2.45) is 5.92 Å². The molecule has 1 unspecified atom stereocenters. The van der Waals surface area contributed by atoms with E-state index in [0.29, 0.717) is 19.5 Å². The molecule has 4 heteroatoms. The molecule has 0 saturated carbocycles. The van der Waals surface area contributed by atoms with Crippen molar-refractivity contribution >= 4 is 11.8 Å². The van der Waals surface area contributed by atoms with E-state index in [0.717, 1.165) is 25.7 Å². The van der Waals surface area contributed by atoms with Crippen LogP contribution in [0.1, 0.15) is 55.8 Å². The van der Waals surface area contributed by atoms with E-state index in [2.05, 4.69) is 35.6 Å². The lowest BCUT2D eigenvalue weighted by Gasteiger charge is -2.28. The molecule has 2 amide bonds. The first-order chi connectivity index (χ1) is 14.0. The van der Waals surface area contributed by atoms with Gasteiger partial charge in [0, 0.05) is 25.4 Å². The number of nitrogens with one attached hydrogen (secondary N) is 1.